The molecule has 2 aromatic rings. The average molecular weight is 354 g/mol. The van der Waals surface area contributed by atoms with Gasteiger partial charge in [-0.2, -0.15) is 5.26 Å². The highest BCUT2D eigenvalue weighted by molar-refractivity contribution is 8.00. The van der Waals surface area contributed by atoms with Gasteiger partial charge in [-0.3, -0.25) is 9.59 Å². The summed E-state index contributed by atoms with van der Waals surface area (Å²) in [5, 5.41) is 11.4. The lowest BCUT2D eigenvalue weighted by molar-refractivity contribution is -0.128. The van der Waals surface area contributed by atoms with E-state index in [4.69, 9.17) is 4.74 Å². The first-order chi connectivity index (χ1) is 12.0. The van der Waals surface area contributed by atoms with Crippen LogP contribution in [0.5, 0.6) is 5.75 Å². The highest BCUT2D eigenvalue weighted by atomic mass is 32.2. The van der Waals surface area contributed by atoms with E-state index in [1.54, 1.807) is 38.3 Å². The maximum Gasteiger partial charge on any atom is 0.249 e. The molecule has 128 valence electrons. The summed E-state index contributed by atoms with van der Waals surface area (Å²) in [4.78, 5) is 25.7. The number of nitrogens with one attached hydrogen (secondary N) is 1. The normalized spacial score (nSPS) is 12.5. The molecule has 25 heavy (non-hydrogen) atoms. The number of ketones is 1. The zero-order chi connectivity index (χ0) is 18.2. The number of hydrogen-bond acceptors (Lipinski definition) is 5. The van der Waals surface area contributed by atoms with Gasteiger partial charge in [-0.25, -0.2) is 0 Å². The summed E-state index contributed by atoms with van der Waals surface area (Å²) in [6, 6.07) is 17.9. The standard InChI is InChI=1S/C19H18N2O3S/c1-13(25-16-6-4-3-5-7-16)18(22)17(12-20)19(23)21-14-8-10-15(24-2)11-9-14/h3-11,13,17H,1-2H3,(H,21,23). The fourth-order valence-corrected chi connectivity index (χ4v) is 3.11. The van der Waals surface area contributed by atoms with Gasteiger partial charge in [0.05, 0.1) is 18.4 Å². The first kappa shape index (κ1) is 18.6. The van der Waals surface area contributed by atoms with E-state index in [2.05, 4.69) is 5.32 Å². The van der Waals surface area contributed by atoms with E-state index in [0.29, 0.717) is 11.4 Å². The van der Waals surface area contributed by atoms with E-state index < -0.39 is 22.9 Å². The highest BCUT2D eigenvalue weighted by Gasteiger charge is 2.30. The fourth-order valence-electron chi connectivity index (χ4n) is 2.14. The lowest BCUT2D eigenvalue weighted by atomic mass is 10.0. The van der Waals surface area contributed by atoms with Crippen LogP contribution in [0, 0.1) is 17.2 Å². The van der Waals surface area contributed by atoms with E-state index in [9.17, 15) is 14.9 Å². The molecule has 2 atom stereocenters. The van der Waals surface area contributed by atoms with Gasteiger partial charge in [0.15, 0.2) is 11.7 Å². The highest BCUT2D eigenvalue weighted by Crippen LogP contribution is 2.25. The molecule has 2 rings (SSSR count). The monoisotopic (exact) mass is 354 g/mol. The van der Waals surface area contributed by atoms with Gasteiger partial charge in [-0.1, -0.05) is 18.2 Å². The molecule has 2 unspecified atom stereocenters. The van der Waals surface area contributed by atoms with Gasteiger partial charge in [0, 0.05) is 10.6 Å². The van der Waals surface area contributed by atoms with Crippen LogP contribution >= 0.6 is 11.8 Å². The second kappa shape index (κ2) is 8.90. The topological polar surface area (TPSA) is 79.2 Å². The summed E-state index contributed by atoms with van der Waals surface area (Å²) in [5.41, 5.74) is 0.502. The predicted octanol–water partition coefficient (Wildman–Crippen LogP) is 3.52. The number of nitriles is 1. The summed E-state index contributed by atoms with van der Waals surface area (Å²) in [6.07, 6.45) is 0. The number of benzene rings is 2. The Bertz CT molecular complexity index is 770. The molecule has 0 spiro atoms. The lowest BCUT2D eigenvalue weighted by Gasteiger charge is -2.14. The summed E-state index contributed by atoms with van der Waals surface area (Å²) in [7, 11) is 1.55. The molecule has 0 heterocycles. The largest absolute Gasteiger partial charge is 0.497 e. The Kier molecular flexibility index (Phi) is 6.61. The Morgan fingerprint density at radius 1 is 1.12 bits per heavy atom. The van der Waals surface area contributed by atoms with Crippen molar-refractivity contribution in [2.24, 2.45) is 5.92 Å². The third kappa shape index (κ3) is 5.10. The minimum atomic E-state index is -1.35. The Balaban J connectivity index is 2.02. The van der Waals surface area contributed by atoms with Crippen LogP contribution in [0.3, 0.4) is 0 Å². The maximum absolute atomic E-state index is 12.5. The summed E-state index contributed by atoms with van der Waals surface area (Å²) >= 11 is 1.33. The van der Waals surface area contributed by atoms with E-state index >= 15 is 0 Å². The number of ether oxygens (including phenoxy) is 1. The van der Waals surface area contributed by atoms with Crippen molar-refractivity contribution in [3.8, 4) is 11.8 Å². The summed E-state index contributed by atoms with van der Waals surface area (Å²) < 4.78 is 5.05. The molecule has 1 N–H and O–H groups in total. The quantitative estimate of drug-likeness (QED) is 0.608. The number of amides is 1. The zero-order valence-corrected chi connectivity index (χ0v) is 14.7. The Morgan fingerprint density at radius 2 is 1.76 bits per heavy atom. The molecule has 0 fully saturated rings. The van der Waals surface area contributed by atoms with Crippen molar-refractivity contribution in [3.63, 3.8) is 0 Å². The minimum absolute atomic E-state index is 0.414. The number of nitrogens with zero attached hydrogens (tertiary/aromatic N) is 1. The van der Waals surface area contributed by atoms with Gasteiger partial charge < -0.3 is 10.1 Å². The number of rotatable bonds is 7. The first-order valence-electron chi connectivity index (χ1n) is 7.65. The molecule has 0 saturated carbocycles. The van der Waals surface area contributed by atoms with Crippen molar-refractivity contribution in [3.05, 3.63) is 54.6 Å². The third-order valence-electron chi connectivity index (χ3n) is 3.49. The van der Waals surface area contributed by atoms with Crippen LogP contribution in [0.25, 0.3) is 0 Å². The fraction of sp³-hybridized carbons (Fsp3) is 0.211. The molecular formula is C19H18N2O3S. The Morgan fingerprint density at radius 3 is 2.32 bits per heavy atom. The number of hydrogen-bond donors (Lipinski definition) is 1. The molecule has 0 saturated heterocycles. The molecule has 0 aromatic heterocycles. The summed E-state index contributed by atoms with van der Waals surface area (Å²) in [5.74, 6) is -1.74. The molecule has 2 aromatic carbocycles. The van der Waals surface area contributed by atoms with Crippen molar-refractivity contribution in [2.45, 2.75) is 17.1 Å². The van der Waals surface area contributed by atoms with E-state index in [1.165, 1.54) is 11.8 Å². The Labute approximate surface area is 151 Å². The van der Waals surface area contributed by atoms with Crippen LogP contribution in [0.4, 0.5) is 5.69 Å². The van der Waals surface area contributed by atoms with Gasteiger partial charge in [0.25, 0.3) is 0 Å². The minimum Gasteiger partial charge on any atom is -0.497 e. The van der Waals surface area contributed by atoms with Crippen molar-refractivity contribution < 1.29 is 14.3 Å². The molecule has 1 amide bonds. The lowest BCUT2D eigenvalue weighted by Crippen LogP contribution is -2.33. The van der Waals surface area contributed by atoms with Crippen molar-refractivity contribution in [2.75, 3.05) is 12.4 Å². The van der Waals surface area contributed by atoms with Crippen molar-refractivity contribution >= 4 is 29.1 Å². The van der Waals surface area contributed by atoms with Gasteiger partial charge in [0.2, 0.25) is 5.91 Å². The van der Waals surface area contributed by atoms with E-state index in [0.717, 1.165) is 4.90 Å². The smallest absolute Gasteiger partial charge is 0.249 e. The molecule has 0 aliphatic rings. The van der Waals surface area contributed by atoms with Crippen LogP contribution in [0.1, 0.15) is 6.92 Å². The number of carbonyl (C=O) groups excluding carboxylic acids is 2. The zero-order valence-electron chi connectivity index (χ0n) is 13.9. The number of anilines is 1. The third-order valence-corrected chi connectivity index (χ3v) is 4.62. The number of Topliss-reactive ketones (excluding diaryl/α,β-unsaturated/α-hetero) is 1. The second-order valence-corrected chi connectivity index (χ2v) is 6.67. The van der Waals surface area contributed by atoms with Gasteiger partial charge in [0.1, 0.15) is 5.75 Å². The maximum atomic E-state index is 12.5. The van der Waals surface area contributed by atoms with Crippen LogP contribution in [0.15, 0.2) is 59.5 Å². The van der Waals surface area contributed by atoms with Crippen LogP contribution in [-0.4, -0.2) is 24.1 Å². The van der Waals surface area contributed by atoms with E-state index in [1.807, 2.05) is 36.4 Å². The average Bonchev–Trinajstić information content (AvgIpc) is 2.63. The number of thioether (sulfide) groups is 1. The molecule has 0 aliphatic heterocycles. The van der Waals surface area contributed by atoms with Crippen LogP contribution in [-0.2, 0) is 9.59 Å². The Hall–Kier alpha value is -2.78. The molecule has 5 nitrogen and oxygen atoms in total. The first-order valence-corrected chi connectivity index (χ1v) is 8.53. The van der Waals surface area contributed by atoms with Crippen molar-refractivity contribution in [1.29, 1.82) is 5.26 Å². The summed E-state index contributed by atoms with van der Waals surface area (Å²) in [6.45, 7) is 1.70. The van der Waals surface area contributed by atoms with Crippen LogP contribution in [0.2, 0.25) is 0 Å². The van der Waals surface area contributed by atoms with Gasteiger partial charge >= 0.3 is 0 Å². The molecule has 6 heteroatoms. The molecular weight excluding hydrogens is 336 g/mol. The number of carbonyl (C=O) groups is 2. The van der Waals surface area contributed by atoms with Gasteiger partial charge in [-0.05, 0) is 43.3 Å². The van der Waals surface area contributed by atoms with Crippen LogP contribution < -0.4 is 10.1 Å². The SMILES string of the molecule is COc1ccc(NC(=O)C(C#N)C(=O)C(C)Sc2ccccc2)cc1. The molecule has 0 radical (unpaired) electrons. The van der Waals surface area contributed by atoms with Crippen molar-refractivity contribution in [1.82, 2.24) is 0 Å². The second-order valence-electron chi connectivity index (χ2n) is 5.26. The molecule has 0 bridgehead atoms. The predicted molar refractivity (Wildman–Crippen MR) is 97.5 cm³/mol. The van der Waals surface area contributed by atoms with Gasteiger partial charge in [-0.15, -0.1) is 11.8 Å². The van der Waals surface area contributed by atoms with E-state index in [-0.39, 0.29) is 0 Å². The molecule has 0 aliphatic carbocycles. The number of methoxy groups -OCH3 is 1.